The van der Waals surface area contributed by atoms with E-state index in [2.05, 4.69) is 22.1 Å². The molecule has 0 fully saturated rings. The van der Waals surface area contributed by atoms with Gasteiger partial charge in [-0.05, 0) is 24.9 Å². The van der Waals surface area contributed by atoms with E-state index in [1.807, 2.05) is 18.2 Å². The summed E-state index contributed by atoms with van der Waals surface area (Å²) in [7, 11) is 0. The average Bonchev–Trinajstić information content (AvgIpc) is 2.93. The molecule has 20 heavy (non-hydrogen) atoms. The van der Waals surface area contributed by atoms with Crippen molar-refractivity contribution in [3.05, 3.63) is 60.0 Å². The first kappa shape index (κ1) is 14.5. The molecule has 3 N–H and O–H groups in total. The predicted molar refractivity (Wildman–Crippen MR) is 79.4 cm³/mol. The summed E-state index contributed by atoms with van der Waals surface area (Å²) in [5.41, 5.74) is 7.49. The van der Waals surface area contributed by atoms with Crippen LogP contribution in [-0.2, 0) is 6.42 Å². The summed E-state index contributed by atoms with van der Waals surface area (Å²) in [6.07, 6.45) is 6.86. The number of hydrogen-bond donors (Lipinski definition) is 2. The van der Waals surface area contributed by atoms with Crippen LogP contribution in [0.15, 0.2) is 36.5 Å². The number of nitrogens with one attached hydrogen (secondary N) is 1. The molecule has 0 bridgehead atoms. The van der Waals surface area contributed by atoms with E-state index in [1.165, 1.54) is 5.56 Å². The van der Waals surface area contributed by atoms with Crippen LogP contribution in [0.25, 0.3) is 0 Å². The summed E-state index contributed by atoms with van der Waals surface area (Å²) in [6, 6.07) is 10.1. The number of aromatic nitrogens is 2. The number of hydrogen-bond acceptors (Lipinski definition) is 3. The van der Waals surface area contributed by atoms with Crippen LogP contribution in [0.4, 0.5) is 0 Å². The summed E-state index contributed by atoms with van der Waals surface area (Å²) in [4.78, 5) is 19.2. The van der Waals surface area contributed by atoms with E-state index in [4.69, 9.17) is 5.73 Å². The lowest BCUT2D eigenvalue weighted by Crippen LogP contribution is -2.04. The van der Waals surface area contributed by atoms with Gasteiger partial charge >= 0.3 is 0 Å². The van der Waals surface area contributed by atoms with Crippen LogP contribution in [0, 0.1) is 6.42 Å². The van der Waals surface area contributed by atoms with Gasteiger partial charge in [-0.25, -0.2) is 4.98 Å². The molecular formula is C16H20N3O. The number of unbranched alkanes of at least 4 members (excludes halogenated alkanes) is 2. The fourth-order valence-corrected chi connectivity index (χ4v) is 2.00. The minimum atomic E-state index is -0.0404. The maximum absolute atomic E-state index is 11.9. The molecule has 0 saturated carbocycles. The van der Waals surface area contributed by atoms with Crippen LogP contribution < -0.4 is 5.73 Å². The summed E-state index contributed by atoms with van der Waals surface area (Å²) in [6.45, 7) is 0.671. The van der Waals surface area contributed by atoms with Crippen LogP contribution in [0.5, 0.6) is 0 Å². The fourth-order valence-electron chi connectivity index (χ4n) is 2.00. The monoisotopic (exact) mass is 270 g/mol. The number of carbonyl (C=O) groups excluding carboxylic acids is 1. The first-order chi connectivity index (χ1) is 9.79. The third kappa shape index (κ3) is 4.31. The van der Waals surface area contributed by atoms with E-state index in [0.717, 1.165) is 31.4 Å². The first-order valence-corrected chi connectivity index (χ1v) is 6.95. The number of imidazole rings is 1. The van der Waals surface area contributed by atoms with Crippen LogP contribution in [0.2, 0.25) is 0 Å². The van der Waals surface area contributed by atoms with Gasteiger partial charge in [0.1, 0.15) is 0 Å². The molecule has 0 saturated heterocycles. The highest BCUT2D eigenvalue weighted by Gasteiger charge is 2.10. The fraction of sp³-hybridized carbons (Fsp3) is 0.312. The minimum absolute atomic E-state index is 0.0404. The lowest BCUT2D eigenvalue weighted by atomic mass is 10.1. The summed E-state index contributed by atoms with van der Waals surface area (Å²) in [5, 5.41) is 0. The van der Waals surface area contributed by atoms with E-state index in [-0.39, 0.29) is 5.78 Å². The Labute approximate surface area is 119 Å². The van der Waals surface area contributed by atoms with Crippen molar-refractivity contribution in [3.8, 4) is 0 Å². The standard InChI is InChI=1S/C16H20N3O/c17-10-6-2-5-9-15(20)16-18-12-14(19-16)11-13-7-3-1-4-8-13/h1,3-4,7-9,12H,2,5-6,10-11,17H2,(H,18,19). The third-order valence-electron chi connectivity index (χ3n) is 3.08. The minimum Gasteiger partial charge on any atom is -0.342 e. The summed E-state index contributed by atoms with van der Waals surface area (Å²) >= 11 is 0. The Morgan fingerprint density at radius 3 is 2.80 bits per heavy atom. The molecule has 0 aliphatic heterocycles. The average molecular weight is 270 g/mol. The van der Waals surface area contributed by atoms with E-state index in [9.17, 15) is 4.79 Å². The molecule has 1 aromatic heterocycles. The zero-order chi connectivity index (χ0) is 14.2. The first-order valence-electron chi connectivity index (χ1n) is 6.95. The van der Waals surface area contributed by atoms with E-state index >= 15 is 0 Å². The van der Waals surface area contributed by atoms with Crippen molar-refractivity contribution >= 4 is 5.78 Å². The van der Waals surface area contributed by atoms with Crippen molar-refractivity contribution < 1.29 is 4.79 Å². The highest BCUT2D eigenvalue weighted by Crippen LogP contribution is 2.09. The Morgan fingerprint density at radius 1 is 1.25 bits per heavy atom. The topological polar surface area (TPSA) is 71.8 Å². The second-order valence-corrected chi connectivity index (χ2v) is 4.76. The Morgan fingerprint density at radius 2 is 2.05 bits per heavy atom. The quantitative estimate of drug-likeness (QED) is 0.572. The molecule has 105 valence electrons. The molecule has 1 heterocycles. The Bertz CT molecular complexity index is 534. The van der Waals surface area contributed by atoms with Gasteiger partial charge in [0.25, 0.3) is 0 Å². The predicted octanol–water partition coefficient (Wildman–Crippen LogP) is 2.52. The largest absolute Gasteiger partial charge is 0.342 e. The maximum Gasteiger partial charge on any atom is 0.201 e. The van der Waals surface area contributed by atoms with Gasteiger partial charge < -0.3 is 10.7 Å². The Kier molecular flexibility index (Phi) is 5.50. The van der Waals surface area contributed by atoms with Crippen LogP contribution in [0.3, 0.4) is 0 Å². The van der Waals surface area contributed by atoms with Crippen molar-refractivity contribution in [2.45, 2.75) is 25.7 Å². The lowest BCUT2D eigenvalue weighted by molar-refractivity contribution is 0.101. The van der Waals surface area contributed by atoms with Crippen LogP contribution in [0.1, 0.15) is 41.1 Å². The van der Waals surface area contributed by atoms with Gasteiger partial charge in [-0.1, -0.05) is 36.8 Å². The van der Waals surface area contributed by atoms with Gasteiger partial charge in [0, 0.05) is 19.0 Å². The van der Waals surface area contributed by atoms with Crippen molar-refractivity contribution in [1.29, 1.82) is 0 Å². The molecule has 2 aromatic rings. The normalized spacial score (nSPS) is 10.7. The Balaban J connectivity index is 1.87. The third-order valence-corrected chi connectivity index (χ3v) is 3.08. The lowest BCUT2D eigenvalue weighted by Gasteiger charge is -1.98. The molecular weight excluding hydrogens is 250 g/mol. The molecule has 1 radical (unpaired) electrons. The number of nitrogens with zero attached hydrogens (tertiary/aromatic N) is 1. The maximum atomic E-state index is 11.9. The molecule has 0 unspecified atom stereocenters. The second-order valence-electron chi connectivity index (χ2n) is 4.76. The highest BCUT2D eigenvalue weighted by atomic mass is 16.1. The summed E-state index contributed by atoms with van der Waals surface area (Å²) in [5.74, 6) is 0.380. The van der Waals surface area contributed by atoms with Gasteiger partial charge in [0.15, 0.2) is 5.82 Å². The SMILES string of the molecule is NCCCC[CH]C(=O)c1nc(Cc2ccccc2)c[nH]1. The number of Topliss-reactive ketones (excluding diaryl/α,β-unsaturated/α-hetero) is 1. The van der Waals surface area contributed by atoms with Crippen molar-refractivity contribution in [3.63, 3.8) is 0 Å². The molecule has 0 aliphatic rings. The molecule has 0 spiro atoms. The number of rotatable bonds is 8. The molecule has 0 aliphatic carbocycles. The van der Waals surface area contributed by atoms with Crippen molar-refractivity contribution in [1.82, 2.24) is 9.97 Å². The molecule has 4 heteroatoms. The number of H-pyrrole nitrogens is 1. The van der Waals surface area contributed by atoms with Crippen molar-refractivity contribution in [2.24, 2.45) is 5.73 Å². The van der Waals surface area contributed by atoms with Gasteiger partial charge in [-0.2, -0.15) is 0 Å². The van der Waals surface area contributed by atoms with E-state index in [0.29, 0.717) is 12.4 Å². The second kappa shape index (κ2) is 7.60. The van der Waals surface area contributed by atoms with Crippen LogP contribution in [-0.4, -0.2) is 22.3 Å². The highest BCUT2D eigenvalue weighted by molar-refractivity contribution is 5.99. The number of aromatic amines is 1. The van der Waals surface area contributed by atoms with Gasteiger partial charge in [0.2, 0.25) is 5.78 Å². The number of ketones is 1. The summed E-state index contributed by atoms with van der Waals surface area (Å²) < 4.78 is 0. The van der Waals surface area contributed by atoms with Crippen LogP contribution >= 0.6 is 0 Å². The van der Waals surface area contributed by atoms with Gasteiger partial charge in [-0.15, -0.1) is 0 Å². The smallest absolute Gasteiger partial charge is 0.201 e. The Hall–Kier alpha value is -1.94. The number of carbonyl (C=O) groups is 1. The molecule has 0 atom stereocenters. The molecule has 0 amide bonds. The van der Waals surface area contributed by atoms with Gasteiger partial charge in [0.05, 0.1) is 5.69 Å². The zero-order valence-corrected chi connectivity index (χ0v) is 11.5. The van der Waals surface area contributed by atoms with Crippen molar-refractivity contribution in [2.75, 3.05) is 6.54 Å². The molecule has 1 aromatic carbocycles. The van der Waals surface area contributed by atoms with E-state index in [1.54, 1.807) is 12.6 Å². The van der Waals surface area contributed by atoms with E-state index < -0.39 is 0 Å². The molecule has 2 rings (SSSR count). The van der Waals surface area contributed by atoms with Gasteiger partial charge in [-0.3, -0.25) is 4.79 Å². The molecule has 4 nitrogen and oxygen atoms in total. The zero-order valence-electron chi connectivity index (χ0n) is 11.5. The number of nitrogens with two attached hydrogens (primary N) is 1. The number of benzene rings is 1.